The Balaban J connectivity index is 1.23. The largest absolute Gasteiger partial charge is 0.272 e. The molecule has 6 nitrogen and oxygen atoms in total. The number of fused-ring (bicyclic) bond motifs is 2. The van der Waals surface area contributed by atoms with E-state index in [1.165, 1.54) is 11.8 Å². The van der Waals surface area contributed by atoms with Gasteiger partial charge >= 0.3 is 0 Å². The number of aryl methyl sites for hydroxylation is 1. The molecule has 0 atom stereocenters. The second-order valence-corrected chi connectivity index (χ2v) is 10.7. The lowest BCUT2D eigenvalue weighted by Crippen LogP contribution is -2.20. The van der Waals surface area contributed by atoms with Crippen molar-refractivity contribution in [3.63, 3.8) is 0 Å². The Morgan fingerprint density at radius 3 is 2.23 bits per heavy atom. The summed E-state index contributed by atoms with van der Waals surface area (Å²) >= 11 is 7.40. The van der Waals surface area contributed by atoms with E-state index in [0.29, 0.717) is 16.0 Å². The number of amides is 1. The van der Waals surface area contributed by atoms with Gasteiger partial charge in [-0.15, -0.1) is 10.2 Å². The lowest BCUT2D eigenvalue weighted by molar-refractivity contribution is -0.118. The van der Waals surface area contributed by atoms with Gasteiger partial charge in [-0.2, -0.15) is 5.10 Å². The van der Waals surface area contributed by atoms with Gasteiger partial charge in [0, 0.05) is 21.8 Å². The standard InChI is InChI=1S/C32H24ClN5OS/c1-21-10-16-26(17-11-21)38-31(22-12-14-25(33)15-13-22)36-37-32(38)40-20-30(39)35-34-19-29-27-8-4-2-6-23(27)18-24-7-3-5-9-28(24)29/h2-19H,20H2,1H3,(H,35,39)/b34-19-. The molecule has 40 heavy (non-hydrogen) atoms. The van der Waals surface area contributed by atoms with Crippen molar-refractivity contribution >= 4 is 57.0 Å². The van der Waals surface area contributed by atoms with E-state index in [9.17, 15) is 4.79 Å². The Kier molecular flexibility index (Phi) is 7.31. The molecule has 196 valence electrons. The number of carbonyl (C=O) groups excluding carboxylic acids is 1. The Morgan fingerprint density at radius 1 is 0.900 bits per heavy atom. The maximum absolute atomic E-state index is 12.8. The lowest BCUT2D eigenvalue weighted by atomic mass is 9.97. The Morgan fingerprint density at radius 2 is 1.55 bits per heavy atom. The van der Waals surface area contributed by atoms with Crippen LogP contribution in [0.4, 0.5) is 0 Å². The summed E-state index contributed by atoms with van der Waals surface area (Å²) in [5.74, 6) is 0.555. The van der Waals surface area contributed by atoms with E-state index in [-0.39, 0.29) is 11.7 Å². The van der Waals surface area contributed by atoms with Crippen molar-refractivity contribution in [1.82, 2.24) is 20.2 Å². The normalized spacial score (nSPS) is 11.4. The Bertz CT molecular complexity index is 1810. The first-order valence-corrected chi connectivity index (χ1v) is 14.1. The number of nitrogens with one attached hydrogen (secondary N) is 1. The molecule has 0 spiro atoms. The number of thioether (sulfide) groups is 1. The monoisotopic (exact) mass is 561 g/mol. The molecule has 1 heterocycles. The zero-order valence-corrected chi connectivity index (χ0v) is 23.2. The minimum atomic E-state index is -0.239. The van der Waals surface area contributed by atoms with Crippen LogP contribution in [-0.4, -0.2) is 32.6 Å². The summed E-state index contributed by atoms with van der Waals surface area (Å²) in [4.78, 5) is 12.8. The van der Waals surface area contributed by atoms with Crippen LogP contribution in [0.3, 0.4) is 0 Å². The molecule has 0 saturated carbocycles. The number of hydrogen-bond donors (Lipinski definition) is 1. The molecule has 0 bridgehead atoms. The van der Waals surface area contributed by atoms with Gasteiger partial charge in [-0.25, -0.2) is 5.43 Å². The molecular weight excluding hydrogens is 538 g/mol. The third kappa shape index (κ3) is 5.34. The zero-order valence-electron chi connectivity index (χ0n) is 21.6. The summed E-state index contributed by atoms with van der Waals surface area (Å²) in [7, 11) is 0. The lowest BCUT2D eigenvalue weighted by Gasteiger charge is -2.11. The SMILES string of the molecule is Cc1ccc(-n2c(SCC(=O)N/N=C\c3c4ccccc4cc4ccccc34)nnc2-c2ccc(Cl)cc2)cc1. The highest BCUT2D eigenvalue weighted by Gasteiger charge is 2.17. The number of benzene rings is 5. The van der Waals surface area contributed by atoms with E-state index in [0.717, 1.165) is 43.9 Å². The summed E-state index contributed by atoms with van der Waals surface area (Å²) in [6.45, 7) is 2.04. The number of nitrogens with zero attached hydrogens (tertiary/aromatic N) is 4. The maximum atomic E-state index is 12.8. The Hall–Kier alpha value is -4.46. The third-order valence-corrected chi connectivity index (χ3v) is 7.74. The van der Waals surface area contributed by atoms with Crippen molar-refractivity contribution in [3.05, 3.63) is 119 Å². The van der Waals surface area contributed by atoms with E-state index in [4.69, 9.17) is 11.6 Å². The number of hydrogen-bond acceptors (Lipinski definition) is 5. The Labute approximate surface area is 240 Å². The van der Waals surface area contributed by atoms with Gasteiger partial charge in [0.2, 0.25) is 0 Å². The smallest absolute Gasteiger partial charge is 0.250 e. The summed E-state index contributed by atoms with van der Waals surface area (Å²) in [6.07, 6.45) is 1.72. The van der Waals surface area contributed by atoms with Crippen LogP contribution in [-0.2, 0) is 4.79 Å². The second kappa shape index (κ2) is 11.3. The van der Waals surface area contributed by atoms with Gasteiger partial charge in [-0.05, 0) is 70.9 Å². The van der Waals surface area contributed by atoms with Crippen LogP contribution in [0.5, 0.6) is 0 Å². The van der Waals surface area contributed by atoms with Crippen LogP contribution in [0.1, 0.15) is 11.1 Å². The maximum Gasteiger partial charge on any atom is 0.250 e. The molecule has 0 unspecified atom stereocenters. The highest BCUT2D eigenvalue weighted by atomic mass is 35.5. The predicted octanol–water partition coefficient (Wildman–Crippen LogP) is 7.44. The van der Waals surface area contributed by atoms with Gasteiger partial charge in [-0.3, -0.25) is 9.36 Å². The van der Waals surface area contributed by atoms with Gasteiger partial charge in [0.25, 0.3) is 5.91 Å². The van der Waals surface area contributed by atoms with E-state index in [1.54, 1.807) is 6.21 Å². The fourth-order valence-corrected chi connectivity index (χ4v) is 5.47. The van der Waals surface area contributed by atoms with Crippen LogP contribution in [0.2, 0.25) is 5.02 Å². The first-order valence-electron chi connectivity index (χ1n) is 12.7. The molecule has 0 aliphatic heterocycles. The molecule has 6 aromatic rings. The minimum Gasteiger partial charge on any atom is -0.272 e. The molecule has 1 aromatic heterocycles. The van der Waals surface area contributed by atoms with Crippen molar-refractivity contribution < 1.29 is 4.79 Å². The quantitative estimate of drug-likeness (QED) is 0.0951. The molecular formula is C32H24ClN5OS. The molecule has 1 amide bonds. The number of rotatable bonds is 7. The van der Waals surface area contributed by atoms with Crippen molar-refractivity contribution in [2.24, 2.45) is 5.10 Å². The van der Waals surface area contributed by atoms with Crippen LogP contribution in [0.25, 0.3) is 38.6 Å². The number of aromatic nitrogens is 3. The van der Waals surface area contributed by atoms with Gasteiger partial charge in [0.1, 0.15) is 0 Å². The van der Waals surface area contributed by atoms with Crippen LogP contribution in [0.15, 0.2) is 113 Å². The first kappa shape index (κ1) is 25.8. The van der Waals surface area contributed by atoms with E-state index >= 15 is 0 Å². The number of carbonyl (C=O) groups is 1. The second-order valence-electron chi connectivity index (χ2n) is 9.30. The third-order valence-electron chi connectivity index (χ3n) is 6.56. The van der Waals surface area contributed by atoms with Crippen molar-refractivity contribution in [2.75, 3.05) is 5.75 Å². The fraction of sp³-hybridized carbons (Fsp3) is 0.0625. The zero-order chi connectivity index (χ0) is 27.5. The molecule has 1 N–H and O–H groups in total. The van der Waals surface area contributed by atoms with Crippen LogP contribution in [0, 0.1) is 6.92 Å². The highest BCUT2D eigenvalue weighted by Crippen LogP contribution is 2.29. The average molecular weight is 562 g/mol. The summed E-state index contributed by atoms with van der Waals surface area (Å²) in [5.41, 5.74) is 6.58. The van der Waals surface area contributed by atoms with E-state index < -0.39 is 0 Å². The molecule has 0 aliphatic rings. The summed E-state index contributed by atoms with van der Waals surface area (Å²) < 4.78 is 1.95. The van der Waals surface area contributed by atoms with Gasteiger partial charge < -0.3 is 0 Å². The fourth-order valence-electron chi connectivity index (χ4n) is 4.60. The van der Waals surface area contributed by atoms with Crippen LogP contribution >= 0.6 is 23.4 Å². The van der Waals surface area contributed by atoms with Gasteiger partial charge in [0.05, 0.1) is 12.0 Å². The van der Waals surface area contributed by atoms with E-state index in [2.05, 4.69) is 51.1 Å². The van der Waals surface area contributed by atoms with Crippen LogP contribution < -0.4 is 5.43 Å². The minimum absolute atomic E-state index is 0.123. The molecule has 0 saturated heterocycles. The van der Waals surface area contributed by atoms with Crippen molar-refractivity contribution in [1.29, 1.82) is 0 Å². The first-order chi connectivity index (χ1) is 19.6. The van der Waals surface area contributed by atoms with Crippen molar-refractivity contribution in [3.8, 4) is 17.1 Å². The summed E-state index contributed by atoms with van der Waals surface area (Å²) in [5, 5.41) is 18.8. The van der Waals surface area contributed by atoms with Crippen molar-refractivity contribution in [2.45, 2.75) is 12.1 Å². The molecule has 6 rings (SSSR count). The van der Waals surface area contributed by atoms with E-state index in [1.807, 2.05) is 84.3 Å². The molecule has 8 heteroatoms. The number of hydrazone groups is 1. The van der Waals surface area contributed by atoms with Gasteiger partial charge in [0.15, 0.2) is 11.0 Å². The molecule has 0 radical (unpaired) electrons. The predicted molar refractivity (Wildman–Crippen MR) is 164 cm³/mol. The average Bonchev–Trinajstić information content (AvgIpc) is 3.40. The molecule has 0 aliphatic carbocycles. The van der Waals surface area contributed by atoms with Gasteiger partial charge in [-0.1, -0.05) is 89.6 Å². The number of halogens is 1. The summed E-state index contributed by atoms with van der Waals surface area (Å²) in [6, 6.07) is 34.1. The topological polar surface area (TPSA) is 72.2 Å². The molecule has 5 aromatic carbocycles. The molecule has 0 fully saturated rings. The highest BCUT2D eigenvalue weighted by molar-refractivity contribution is 7.99.